The molecule has 0 bridgehead atoms. The van der Waals surface area contributed by atoms with E-state index < -0.39 is 0 Å². The molecule has 15 heavy (non-hydrogen) atoms. The topological polar surface area (TPSA) is 33.5 Å². The van der Waals surface area contributed by atoms with Crippen molar-refractivity contribution in [1.82, 2.24) is 4.90 Å². The summed E-state index contributed by atoms with van der Waals surface area (Å²) in [5.41, 5.74) is -0.337. The summed E-state index contributed by atoms with van der Waals surface area (Å²) in [7, 11) is 1.80. The van der Waals surface area contributed by atoms with E-state index in [4.69, 9.17) is 4.42 Å². The lowest BCUT2D eigenvalue weighted by molar-refractivity contribution is -0.138. The Balaban J connectivity index is 2.64. The maximum Gasteiger partial charge on any atom is 0.228 e. The van der Waals surface area contributed by atoms with E-state index in [1.54, 1.807) is 11.9 Å². The van der Waals surface area contributed by atoms with Gasteiger partial charge in [0, 0.05) is 12.5 Å². The van der Waals surface area contributed by atoms with Crippen LogP contribution in [0.5, 0.6) is 0 Å². The van der Waals surface area contributed by atoms with E-state index in [0.29, 0.717) is 6.54 Å². The van der Waals surface area contributed by atoms with Crippen LogP contribution in [0.2, 0.25) is 0 Å². The SMILES string of the molecule is Cc1ccc(CN(C)C(=O)C(C)(C)C)o1. The third-order valence-electron chi connectivity index (χ3n) is 2.18. The molecule has 0 saturated carbocycles. The van der Waals surface area contributed by atoms with Gasteiger partial charge in [0.25, 0.3) is 0 Å². The van der Waals surface area contributed by atoms with Crippen molar-refractivity contribution in [2.45, 2.75) is 34.2 Å². The van der Waals surface area contributed by atoms with Gasteiger partial charge in [-0.2, -0.15) is 0 Å². The van der Waals surface area contributed by atoms with Crippen molar-refractivity contribution >= 4 is 5.91 Å². The number of hydrogen-bond donors (Lipinski definition) is 0. The number of carbonyl (C=O) groups excluding carboxylic acids is 1. The molecule has 0 aliphatic rings. The van der Waals surface area contributed by atoms with Crippen LogP contribution in [-0.4, -0.2) is 17.9 Å². The first kappa shape index (κ1) is 11.8. The van der Waals surface area contributed by atoms with E-state index in [1.807, 2.05) is 39.8 Å². The highest BCUT2D eigenvalue weighted by atomic mass is 16.3. The summed E-state index contributed by atoms with van der Waals surface area (Å²) in [4.78, 5) is 13.6. The van der Waals surface area contributed by atoms with Crippen LogP contribution < -0.4 is 0 Å². The summed E-state index contributed by atoms with van der Waals surface area (Å²) in [6, 6.07) is 3.81. The van der Waals surface area contributed by atoms with Gasteiger partial charge in [-0.15, -0.1) is 0 Å². The molecule has 0 spiro atoms. The van der Waals surface area contributed by atoms with E-state index in [2.05, 4.69) is 0 Å². The number of amides is 1. The molecule has 0 radical (unpaired) electrons. The van der Waals surface area contributed by atoms with Crippen LogP contribution in [0.25, 0.3) is 0 Å². The second-order valence-corrected chi connectivity index (χ2v) is 4.92. The number of aryl methyl sites for hydroxylation is 1. The van der Waals surface area contributed by atoms with Gasteiger partial charge in [-0.25, -0.2) is 0 Å². The molecule has 1 aromatic heterocycles. The monoisotopic (exact) mass is 209 g/mol. The first-order valence-electron chi connectivity index (χ1n) is 5.11. The van der Waals surface area contributed by atoms with Crippen LogP contribution in [0.4, 0.5) is 0 Å². The normalized spacial score (nSPS) is 11.5. The lowest BCUT2D eigenvalue weighted by atomic mass is 9.95. The highest BCUT2D eigenvalue weighted by Crippen LogP contribution is 2.18. The van der Waals surface area contributed by atoms with E-state index in [0.717, 1.165) is 11.5 Å². The number of furan rings is 1. The molecule has 0 aliphatic carbocycles. The van der Waals surface area contributed by atoms with Gasteiger partial charge in [0.2, 0.25) is 5.91 Å². The average Bonchev–Trinajstić information content (AvgIpc) is 2.48. The van der Waals surface area contributed by atoms with Crippen molar-refractivity contribution in [3.63, 3.8) is 0 Å². The smallest absolute Gasteiger partial charge is 0.228 e. The lowest BCUT2D eigenvalue weighted by Crippen LogP contribution is -2.36. The van der Waals surface area contributed by atoms with Gasteiger partial charge in [0.05, 0.1) is 6.54 Å². The molecule has 1 amide bonds. The Morgan fingerprint density at radius 1 is 1.40 bits per heavy atom. The summed E-state index contributed by atoms with van der Waals surface area (Å²) in [5.74, 6) is 1.82. The average molecular weight is 209 g/mol. The van der Waals surface area contributed by atoms with Gasteiger partial charge in [-0.1, -0.05) is 20.8 Å². The number of rotatable bonds is 2. The summed E-state index contributed by atoms with van der Waals surface area (Å²) in [6.45, 7) is 8.18. The molecule has 3 heteroatoms. The molecule has 84 valence electrons. The first-order chi connectivity index (χ1) is 6.80. The van der Waals surface area contributed by atoms with Gasteiger partial charge in [0.1, 0.15) is 11.5 Å². The molecule has 0 atom stereocenters. The highest BCUT2D eigenvalue weighted by Gasteiger charge is 2.25. The Hall–Kier alpha value is -1.25. The third-order valence-corrected chi connectivity index (χ3v) is 2.18. The van der Waals surface area contributed by atoms with Crippen LogP contribution in [0.1, 0.15) is 32.3 Å². The second kappa shape index (κ2) is 4.09. The van der Waals surface area contributed by atoms with Crippen molar-refractivity contribution in [1.29, 1.82) is 0 Å². The number of carbonyl (C=O) groups is 1. The minimum atomic E-state index is -0.337. The highest BCUT2D eigenvalue weighted by molar-refractivity contribution is 5.81. The molecule has 0 saturated heterocycles. The van der Waals surface area contributed by atoms with Crippen LogP contribution in [0, 0.1) is 12.3 Å². The van der Waals surface area contributed by atoms with Crippen molar-refractivity contribution in [3.05, 3.63) is 23.7 Å². The summed E-state index contributed by atoms with van der Waals surface area (Å²) >= 11 is 0. The molecule has 1 heterocycles. The quantitative estimate of drug-likeness (QED) is 0.750. The summed E-state index contributed by atoms with van der Waals surface area (Å²) in [6.07, 6.45) is 0. The molecular formula is C12H19NO2. The maximum absolute atomic E-state index is 11.9. The van der Waals surface area contributed by atoms with E-state index >= 15 is 0 Å². The predicted octanol–water partition coefficient (Wildman–Crippen LogP) is 2.59. The minimum Gasteiger partial charge on any atom is -0.464 e. The van der Waals surface area contributed by atoms with E-state index in [-0.39, 0.29) is 11.3 Å². The Labute approximate surface area is 91.1 Å². The van der Waals surface area contributed by atoms with Gasteiger partial charge in [-0.05, 0) is 19.1 Å². The molecule has 0 N–H and O–H groups in total. The Morgan fingerprint density at radius 2 is 2.00 bits per heavy atom. The number of nitrogens with zero attached hydrogens (tertiary/aromatic N) is 1. The van der Waals surface area contributed by atoms with E-state index in [9.17, 15) is 4.79 Å². The van der Waals surface area contributed by atoms with Crippen LogP contribution in [0.3, 0.4) is 0 Å². The molecule has 1 aromatic rings. The molecule has 1 rings (SSSR count). The zero-order chi connectivity index (χ0) is 11.6. The van der Waals surface area contributed by atoms with Crippen molar-refractivity contribution in [2.75, 3.05) is 7.05 Å². The Bertz CT molecular complexity index is 347. The molecule has 0 fully saturated rings. The largest absolute Gasteiger partial charge is 0.464 e. The zero-order valence-corrected chi connectivity index (χ0v) is 10.1. The molecular weight excluding hydrogens is 190 g/mol. The third kappa shape index (κ3) is 3.11. The number of hydrogen-bond acceptors (Lipinski definition) is 2. The molecule has 0 unspecified atom stereocenters. The van der Waals surface area contributed by atoms with Gasteiger partial charge in [-0.3, -0.25) is 4.79 Å². The fourth-order valence-electron chi connectivity index (χ4n) is 1.45. The lowest BCUT2D eigenvalue weighted by Gasteiger charge is -2.25. The summed E-state index contributed by atoms with van der Waals surface area (Å²) in [5, 5.41) is 0. The van der Waals surface area contributed by atoms with Crippen LogP contribution >= 0.6 is 0 Å². The van der Waals surface area contributed by atoms with Crippen LogP contribution in [0.15, 0.2) is 16.5 Å². The Kier molecular flexibility index (Phi) is 3.22. The molecule has 0 aliphatic heterocycles. The van der Waals surface area contributed by atoms with Crippen LogP contribution in [-0.2, 0) is 11.3 Å². The predicted molar refractivity (Wildman–Crippen MR) is 59.4 cm³/mol. The fourth-order valence-corrected chi connectivity index (χ4v) is 1.45. The van der Waals surface area contributed by atoms with E-state index in [1.165, 1.54) is 0 Å². The van der Waals surface area contributed by atoms with Crippen molar-refractivity contribution in [2.24, 2.45) is 5.41 Å². The molecule has 0 aromatic carbocycles. The molecule has 3 nitrogen and oxygen atoms in total. The zero-order valence-electron chi connectivity index (χ0n) is 10.1. The summed E-state index contributed by atoms with van der Waals surface area (Å²) < 4.78 is 5.42. The maximum atomic E-state index is 11.9. The van der Waals surface area contributed by atoms with Gasteiger partial charge in [0.15, 0.2) is 0 Å². The fraction of sp³-hybridized carbons (Fsp3) is 0.583. The second-order valence-electron chi connectivity index (χ2n) is 4.92. The first-order valence-corrected chi connectivity index (χ1v) is 5.11. The minimum absolute atomic E-state index is 0.122. The van der Waals surface area contributed by atoms with Gasteiger partial charge >= 0.3 is 0 Å². The van der Waals surface area contributed by atoms with Crippen molar-refractivity contribution in [3.8, 4) is 0 Å². The Morgan fingerprint density at radius 3 is 2.40 bits per heavy atom. The van der Waals surface area contributed by atoms with Gasteiger partial charge < -0.3 is 9.32 Å². The van der Waals surface area contributed by atoms with Crippen molar-refractivity contribution < 1.29 is 9.21 Å². The standard InChI is InChI=1S/C12H19NO2/c1-9-6-7-10(15-9)8-13(5)11(14)12(2,3)4/h6-7H,8H2,1-5H3.